The van der Waals surface area contributed by atoms with Gasteiger partial charge in [0.05, 0.1) is 18.0 Å². The van der Waals surface area contributed by atoms with Crippen molar-refractivity contribution in [2.75, 3.05) is 13.1 Å². The summed E-state index contributed by atoms with van der Waals surface area (Å²) in [5.41, 5.74) is 11.0. The van der Waals surface area contributed by atoms with Crippen LogP contribution in [-0.2, 0) is 16.1 Å². The predicted molar refractivity (Wildman–Crippen MR) is 105 cm³/mol. The smallest absolute Gasteiger partial charge is 0.243 e. The second-order valence-corrected chi connectivity index (χ2v) is 7.12. The number of amides is 2. The minimum Gasteiger partial charge on any atom is -0.381 e. The first kappa shape index (κ1) is 21.9. The molecular formula is C17H30N6O2S. The summed E-state index contributed by atoms with van der Waals surface area (Å²) in [6.07, 6.45) is 4.12. The molecule has 0 aliphatic carbocycles. The maximum absolute atomic E-state index is 12.2. The minimum absolute atomic E-state index is 0.0736. The molecule has 7 N–H and O–H groups in total. The highest BCUT2D eigenvalue weighted by Crippen LogP contribution is 2.19. The highest BCUT2D eigenvalue weighted by atomic mass is 32.1. The number of unbranched alkanes of at least 4 members (excludes halogenated alkanes) is 1. The lowest BCUT2D eigenvalue weighted by atomic mass is 10.2. The van der Waals surface area contributed by atoms with Crippen molar-refractivity contribution < 1.29 is 9.59 Å². The quantitative estimate of drug-likeness (QED) is 0.248. The molecule has 2 heterocycles. The fraction of sp³-hybridized carbons (Fsp3) is 0.588. The Morgan fingerprint density at radius 2 is 2.04 bits per heavy atom. The number of nitrogens with two attached hydrogens (primary N) is 3. The molecule has 2 rings (SSSR count). The molecule has 8 nitrogen and oxygen atoms in total. The summed E-state index contributed by atoms with van der Waals surface area (Å²) in [6, 6.07) is 3.24. The van der Waals surface area contributed by atoms with Gasteiger partial charge in [-0.3, -0.25) is 9.59 Å². The van der Waals surface area contributed by atoms with E-state index in [1.165, 1.54) is 24.2 Å². The average molecular weight is 383 g/mol. The molecule has 0 aromatic carbocycles. The van der Waals surface area contributed by atoms with E-state index in [1.54, 1.807) is 11.0 Å². The maximum atomic E-state index is 12.2. The van der Waals surface area contributed by atoms with Crippen LogP contribution in [0, 0.1) is 0 Å². The van der Waals surface area contributed by atoms with Crippen LogP contribution in [0.2, 0.25) is 0 Å². The number of thiophene rings is 1. The van der Waals surface area contributed by atoms with Gasteiger partial charge in [0.25, 0.3) is 0 Å². The number of nitrogens with zero attached hydrogens (tertiary/aromatic N) is 2. The van der Waals surface area contributed by atoms with E-state index < -0.39 is 6.04 Å². The maximum Gasteiger partial charge on any atom is 0.243 e. The molecule has 1 fully saturated rings. The van der Waals surface area contributed by atoms with Crippen molar-refractivity contribution in [2.24, 2.45) is 22.4 Å². The second kappa shape index (κ2) is 11.5. The molecule has 1 unspecified atom stereocenters. The standard InChI is InChI=1S/C13H20N6O2S.C4H10/c14-6-11(20)19-5-1-2-9(19)13(21)17-7-8-3-4-10(22-8)12(15)18-16;1-3-4-2/h3-4,9H,1-2,5-7,14,16H2,(H2,15,18)(H,17,21);3-4H2,1-2H3. The van der Waals surface area contributed by atoms with Gasteiger partial charge < -0.3 is 27.5 Å². The molecular weight excluding hydrogens is 352 g/mol. The van der Waals surface area contributed by atoms with E-state index in [9.17, 15) is 9.59 Å². The van der Waals surface area contributed by atoms with Crippen LogP contribution in [0.5, 0.6) is 0 Å². The zero-order valence-corrected chi connectivity index (χ0v) is 16.3. The highest BCUT2D eigenvalue weighted by Gasteiger charge is 2.33. The van der Waals surface area contributed by atoms with Crippen molar-refractivity contribution in [2.45, 2.75) is 52.1 Å². The third-order valence-electron chi connectivity index (χ3n) is 4.04. The van der Waals surface area contributed by atoms with Gasteiger partial charge in [0.1, 0.15) is 6.04 Å². The molecule has 2 amide bonds. The molecule has 0 spiro atoms. The Labute approximate surface area is 158 Å². The van der Waals surface area contributed by atoms with Gasteiger partial charge in [0.15, 0.2) is 5.84 Å². The number of nitrogens with one attached hydrogen (secondary N) is 1. The minimum atomic E-state index is -0.425. The third kappa shape index (κ3) is 6.30. The van der Waals surface area contributed by atoms with Crippen molar-refractivity contribution >= 4 is 29.0 Å². The molecule has 0 bridgehead atoms. The molecule has 1 aromatic rings. The Kier molecular flexibility index (Phi) is 9.67. The molecule has 26 heavy (non-hydrogen) atoms. The summed E-state index contributed by atoms with van der Waals surface area (Å²) in [6.45, 7) is 5.25. The van der Waals surface area contributed by atoms with Crippen LogP contribution in [0.25, 0.3) is 0 Å². The van der Waals surface area contributed by atoms with E-state index in [0.717, 1.165) is 16.2 Å². The molecule has 146 valence electrons. The summed E-state index contributed by atoms with van der Waals surface area (Å²) < 4.78 is 0. The molecule has 1 aromatic heterocycles. The van der Waals surface area contributed by atoms with Gasteiger partial charge in [-0.1, -0.05) is 26.7 Å². The molecule has 1 aliphatic rings. The first-order chi connectivity index (χ1) is 12.5. The summed E-state index contributed by atoms with van der Waals surface area (Å²) in [5.74, 6) is 5.04. The number of hydrogen-bond donors (Lipinski definition) is 4. The Morgan fingerprint density at radius 3 is 2.62 bits per heavy atom. The fourth-order valence-corrected chi connectivity index (χ4v) is 3.28. The lowest BCUT2D eigenvalue weighted by molar-refractivity contribution is -0.137. The van der Waals surface area contributed by atoms with Crippen molar-refractivity contribution in [1.29, 1.82) is 0 Å². The predicted octanol–water partition coefficient (Wildman–Crippen LogP) is 0.699. The number of likely N-dealkylation sites (tertiary alicyclic amines) is 1. The number of carbonyl (C=O) groups is 2. The van der Waals surface area contributed by atoms with Crippen LogP contribution in [-0.4, -0.2) is 41.7 Å². The largest absolute Gasteiger partial charge is 0.381 e. The lowest BCUT2D eigenvalue weighted by Gasteiger charge is -2.23. The van der Waals surface area contributed by atoms with Gasteiger partial charge in [-0.2, -0.15) is 5.10 Å². The van der Waals surface area contributed by atoms with E-state index in [1.807, 2.05) is 6.07 Å². The topological polar surface area (TPSA) is 140 Å². The van der Waals surface area contributed by atoms with Gasteiger partial charge in [0, 0.05) is 11.4 Å². The van der Waals surface area contributed by atoms with Gasteiger partial charge in [-0.25, -0.2) is 0 Å². The van der Waals surface area contributed by atoms with Crippen LogP contribution < -0.4 is 22.6 Å². The van der Waals surface area contributed by atoms with Crippen LogP contribution in [0.4, 0.5) is 0 Å². The Bertz CT molecular complexity index is 614. The molecule has 0 saturated carbocycles. The second-order valence-electron chi connectivity index (χ2n) is 5.95. The normalized spacial score (nSPS) is 16.8. The summed E-state index contributed by atoms with van der Waals surface area (Å²) in [4.78, 5) is 27.2. The number of hydrogen-bond acceptors (Lipinski definition) is 6. The zero-order valence-electron chi connectivity index (χ0n) is 15.5. The number of carbonyl (C=O) groups excluding carboxylic acids is 2. The van der Waals surface area contributed by atoms with Crippen LogP contribution in [0.1, 0.15) is 49.3 Å². The fourth-order valence-electron chi connectivity index (χ4n) is 2.42. The first-order valence-corrected chi connectivity index (χ1v) is 9.69. The monoisotopic (exact) mass is 382 g/mol. The summed E-state index contributed by atoms with van der Waals surface area (Å²) in [5, 5.41) is 6.28. The van der Waals surface area contributed by atoms with Gasteiger partial charge in [-0.05, 0) is 25.0 Å². The zero-order chi connectivity index (χ0) is 19.5. The van der Waals surface area contributed by atoms with Crippen molar-refractivity contribution in [1.82, 2.24) is 10.2 Å². The van der Waals surface area contributed by atoms with Crippen molar-refractivity contribution in [3.8, 4) is 0 Å². The molecule has 9 heteroatoms. The Hall–Kier alpha value is -2.13. The molecule has 1 aliphatic heterocycles. The summed E-state index contributed by atoms with van der Waals surface area (Å²) >= 11 is 1.41. The third-order valence-corrected chi connectivity index (χ3v) is 5.15. The van der Waals surface area contributed by atoms with E-state index >= 15 is 0 Å². The lowest BCUT2D eigenvalue weighted by Crippen LogP contribution is -2.47. The summed E-state index contributed by atoms with van der Waals surface area (Å²) in [7, 11) is 0. The number of rotatable bonds is 6. The Balaban J connectivity index is 0.000000765. The van der Waals surface area contributed by atoms with E-state index in [4.69, 9.17) is 17.3 Å². The van der Waals surface area contributed by atoms with Crippen LogP contribution >= 0.6 is 11.3 Å². The van der Waals surface area contributed by atoms with E-state index in [-0.39, 0.29) is 24.2 Å². The van der Waals surface area contributed by atoms with Gasteiger partial charge in [0.2, 0.25) is 11.8 Å². The average Bonchev–Trinajstić information content (AvgIpc) is 3.34. The Morgan fingerprint density at radius 1 is 1.35 bits per heavy atom. The molecule has 0 radical (unpaired) electrons. The molecule has 1 atom stereocenters. The first-order valence-electron chi connectivity index (χ1n) is 8.88. The van der Waals surface area contributed by atoms with E-state index in [0.29, 0.717) is 19.5 Å². The van der Waals surface area contributed by atoms with Crippen LogP contribution in [0.15, 0.2) is 17.2 Å². The number of hydrazone groups is 1. The van der Waals surface area contributed by atoms with Gasteiger partial charge in [-0.15, -0.1) is 11.3 Å². The number of amidine groups is 1. The van der Waals surface area contributed by atoms with Crippen molar-refractivity contribution in [3.05, 3.63) is 21.9 Å². The molecule has 1 saturated heterocycles. The highest BCUT2D eigenvalue weighted by molar-refractivity contribution is 7.14. The SMILES string of the molecule is CCCC.NCC(=O)N1CCCC1C(=O)NCc1ccc(/C(N)=N/N)s1. The van der Waals surface area contributed by atoms with Crippen LogP contribution in [0.3, 0.4) is 0 Å². The van der Waals surface area contributed by atoms with Crippen molar-refractivity contribution in [3.63, 3.8) is 0 Å². The van der Waals surface area contributed by atoms with Gasteiger partial charge >= 0.3 is 0 Å². The van der Waals surface area contributed by atoms with E-state index in [2.05, 4.69) is 24.3 Å².